The van der Waals surface area contributed by atoms with Gasteiger partial charge in [0.25, 0.3) is 0 Å². The molecule has 8 unspecified atom stereocenters. The second-order valence-corrected chi connectivity index (χ2v) is 17.1. The van der Waals surface area contributed by atoms with E-state index in [1.165, 1.54) is 42.2 Å². The van der Waals surface area contributed by atoms with Crippen molar-refractivity contribution in [1.82, 2.24) is 0 Å². The van der Waals surface area contributed by atoms with Gasteiger partial charge >= 0.3 is 5.97 Å². The third-order valence-electron chi connectivity index (χ3n) is 12.4. The number of nitrogens with zero attached hydrogens (tertiary/aromatic N) is 1. The van der Waals surface area contributed by atoms with Gasteiger partial charge in [-0.2, -0.15) is 0 Å². The number of hydroxylamine groups is 3. The average molecular weight is 764 g/mol. The fourth-order valence-electron chi connectivity index (χ4n) is 8.69. The fraction of sp³-hybridized carbons (Fsp3) is 0.947. The van der Waals surface area contributed by atoms with Crippen LogP contribution in [0.5, 0.6) is 0 Å². The molecule has 3 saturated heterocycles. The van der Waals surface area contributed by atoms with Crippen molar-refractivity contribution in [3.05, 3.63) is 5.21 Å². The zero-order valence-electron chi connectivity index (χ0n) is 34.3. The summed E-state index contributed by atoms with van der Waals surface area (Å²) in [4.78, 5) is 28.2. The third-order valence-corrected chi connectivity index (χ3v) is 12.4. The van der Waals surface area contributed by atoms with E-state index >= 15 is 0 Å². The maximum atomic E-state index is 14.2. The summed E-state index contributed by atoms with van der Waals surface area (Å²) in [5.74, 6) is -4.76. The van der Waals surface area contributed by atoms with Crippen LogP contribution in [0.1, 0.15) is 94.9 Å². The molecule has 15 heteroatoms. The Balaban J connectivity index is 2.23. The normalized spacial score (nSPS) is 48.5. The number of aliphatic hydroxyl groups excluding tert-OH is 3. The minimum atomic E-state index is -1.99. The van der Waals surface area contributed by atoms with Crippen molar-refractivity contribution in [2.45, 2.75) is 179 Å². The molecule has 3 fully saturated rings. The van der Waals surface area contributed by atoms with Crippen molar-refractivity contribution in [3.8, 4) is 0 Å². The number of rotatable bonds is 8. The Hall–Kier alpha value is -1.34. The van der Waals surface area contributed by atoms with E-state index < -0.39 is 119 Å². The number of esters is 1. The standard InChI is InChI=1S/C38H69NO14/c1-15-26-38(10,45)31(42)21(4)28(40)19(2)17-37(9,48-14)33(53-35-29(41)25(39(11,12)46)16-20(3)49-35)22(5)30(23(6)34(44)51-26)52-27-18-36(8,47-13)32(43)24(7)50-27/h19-27,29-33,35,41-43,45H,15-18H2,1-14H3/t19-,20?,21+,22+,23-,24?,25?,26-,27?,29?,30+,31-,32?,33-,35?,36?,37-,38-/m1/s1. The lowest BCUT2D eigenvalue weighted by atomic mass is 9.74. The smallest absolute Gasteiger partial charge is 0.311 e. The van der Waals surface area contributed by atoms with Gasteiger partial charge in [-0.25, -0.2) is 0 Å². The number of ether oxygens (including phenoxy) is 7. The predicted molar refractivity (Wildman–Crippen MR) is 193 cm³/mol. The Kier molecular flexibility index (Phi) is 15.1. The maximum Gasteiger partial charge on any atom is 0.311 e. The first kappa shape index (κ1) is 46.0. The predicted octanol–water partition coefficient (Wildman–Crippen LogP) is 2.45. The van der Waals surface area contributed by atoms with Crippen molar-refractivity contribution >= 4 is 11.8 Å². The van der Waals surface area contributed by atoms with E-state index in [2.05, 4.69) is 0 Å². The summed E-state index contributed by atoms with van der Waals surface area (Å²) in [5.41, 5.74) is -4.38. The molecule has 3 aliphatic heterocycles. The number of carbonyl (C=O) groups excluding carboxylic acids is 2. The van der Waals surface area contributed by atoms with Crippen LogP contribution in [0.25, 0.3) is 0 Å². The Morgan fingerprint density at radius 2 is 1.45 bits per heavy atom. The Morgan fingerprint density at radius 1 is 0.868 bits per heavy atom. The SMILES string of the molecule is CC[C@H]1OC(=O)[C@H](C)[C@@H](OC2CC(C)(OC)C(O)C(C)O2)[C@H](C)[C@@H](OC2OC(C)CC([N+](C)(C)[O-])C2O)[C@](C)(OC)C[C@@H](C)C(=O)[C@H](C)[C@@H](O)[C@]1(C)O. The van der Waals surface area contributed by atoms with Crippen molar-refractivity contribution in [2.75, 3.05) is 28.3 Å². The number of likely N-dealkylation sites (N-methyl/N-ethyl adjacent to an activating group) is 1. The van der Waals surface area contributed by atoms with Gasteiger partial charge in [-0.15, -0.1) is 0 Å². The summed E-state index contributed by atoms with van der Waals surface area (Å²) in [6, 6.07) is -0.788. The molecule has 4 N–H and O–H groups in total. The summed E-state index contributed by atoms with van der Waals surface area (Å²) in [6.45, 7) is 16.6. The van der Waals surface area contributed by atoms with E-state index in [4.69, 9.17) is 33.2 Å². The average Bonchev–Trinajstić information content (AvgIpc) is 3.08. The highest BCUT2D eigenvalue weighted by atomic mass is 16.7. The highest BCUT2D eigenvalue weighted by Crippen LogP contribution is 2.42. The van der Waals surface area contributed by atoms with Crippen LogP contribution < -0.4 is 0 Å². The van der Waals surface area contributed by atoms with Crippen LogP contribution in [0.3, 0.4) is 0 Å². The third kappa shape index (κ3) is 9.80. The van der Waals surface area contributed by atoms with Gasteiger partial charge < -0.3 is 63.4 Å². The van der Waals surface area contributed by atoms with Crippen molar-refractivity contribution < 1.29 is 67.8 Å². The lowest BCUT2D eigenvalue weighted by Gasteiger charge is -2.51. The summed E-state index contributed by atoms with van der Waals surface area (Å²) < 4.78 is 42.8. The number of quaternary nitrogens is 1. The van der Waals surface area contributed by atoms with Gasteiger partial charge in [-0.05, 0) is 54.4 Å². The lowest BCUT2D eigenvalue weighted by molar-refractivity contribution is -0.874. The van der Waals surface area contributed by atoms with E-state index in [1.54, 1.807) is 55.4 Å². The molecule has 15 nitrogen and oxygen atoms in total. The topological polar surface area (TPSA) is 203 Å². The van der Waals surface area contributed by atoms with E-state index in [-0.39, 0.29) is 31.5 Å². The quantitative estimate of drug-likeness (QED) is 0.160. The molecule has 0 spiro atoms. The number of ketones is 1. The Labute approximate surface area is 315 Å². The van der Waals surface area contributed by atoms with Crippen LogP contribution >= 0.6 is 0 Å². The molecule has 53 heavy (non-hydrogen) atoms. The fourth-order valence-corrected chi connectivity index (χ4v) is 8.69. The summed E-state index contributed by atoms with van der Waals surface area (Å²) in [5, 5.41) is 58.7. The number of hydrogen-bond donors (Lipinski definition) is 4. The maximum absolute atomic E-state index is 14.2. The summed E-state index contributed by atoms with van der Waals surface area (Å²) in [6.07, 6.45) is -10.1. The number of Topliss-reactive ketones (excluding diaryl/α,β-unsaturated/α-hetero) is 1. The minimum absolute atomic E-state index is 0.0507. The molecule has 0 bridgehead atoms. The molecule has 0 aromatic carbocycles. The number of aliphatic hydroxyl groups is 4. The van der Waals surface area contributed by atoms with Crippen LogP contribution in [0.15, 0.2) is 0 Å². The first-order valence-electron chi connectivity index (χ1n) is 19.1. The van der Waals surface area contributed by atoms with Crippen LogP contribution in [0, 0.1) is 28.9 Å². The minimum Gasteiger partial charge on any atom is -0.633 e. The molecule has 0 aromatic rings. The summed E-state index contributed by atoms with van der Waals surface area (Å²) >= 11 is 0. The van der Waals surface area contributed by atoms with Crippen molar-refractivity contribution in [2.24, 2.45) is 23.7 Å². The highest BCUT2D eigenvalue weighted by Gasteiger charge is 2.54. The molecule has 3 aliphatic rings. The molecule has 18 atom stereocenters. The van der Waals surface area contributed by atoms with E-state index in [9.17, 15) is 35.2 Å². The van der Waals surface area contributed by atoms with Gasteiger partial charge in [0.05, 0.1) is 61.7 Å². The molecule has 310 valence electrons. The van der Waals surface area contributed by atoms with E-state index in [0.29, 0.717) is 0 Å². The van der Waals surface area contributed by atoms with Crippen LogP contribution in [0.2, 0.25) is 0 Å². The number of methoxy groups -OCH3 is 2. The number of carbonyl (C=O) groups is 2. The molecule has 0 radical (unpaired) electrons. The number of hydrogen-bond acceptors (Lipinski definition) is 14. The number of cyclic esters (lactones) is 1. The Morgan fingerprint density at radius 3 is 1.98 bits per heavy atom. The molecule has 0 saturated carbocycles. The Bertz CT molecular complexity index is 1230. The van der Waals surface area contributed by atoms with Crippen molar-refractivity contribution in [3.63, 3.8) is 0 Å². The van der Waals surface area contributed by atoms with E-state index in [0.717, 1.165) is 0 Å². The van der Waals surface area contributed by atoms with Gasteiger partial charge in [-0.1, -0.05) is 27.7 Å². The van der Waals surface area contributed by atoms with E-state index in [1.807, 2.05) is 0 Å². The van der Waals surface area contributed by atoms with Gasteiger partial charge in [0, 0.05) is 44.8 Å². The molecular formula is C38H69NO14. The van der Waals surface area contributed by atoms with Gasteiger partial charge in [0.2, 0.25) is 0 Å². The zero-order chi connectivity index (χ0) is 40.6. The summed E-state index contributed by atoms with van der Waals surface area (Å²) in [7, 11) is 5.84. The first-order valence-corrected chi connectivity index (χ1v) is 19.1. The second kappa shape index (κ2) is 17.4. The van der Waals surface area contributed by atoms with Crippen LogP contribution in [0.4, 0.5) is 0 Å². The second-order valence-electron chi connectivity index (χ2n) is 17.1. The lowest BCUT2D eigenvalue weighted by Crippen LogP contribution is -2.63. The highest BCUT2D eigenvalue weighted by molar-refractivity contribution is 5.83. The largest absolute Gasteiger partial charge is 0.633 e. The van der Waals surface area contributed by atoms with Crippen LogP contribution in [-0.4, -0.2) is 149 Å². The van der Waals surface area contributed by atoms with Crippen LogP contribution in [-0.2, 0) is 42.7 Å². The van der Waals surface area contributed by atoms with Gasteiger partial charge in [0.15, 0.2) is 18.7 Å². The monoisotopic (exact) mass is 763 g/mol. The molecule has 3 rings (SSSR count). The molecule has 0 aliphatic carbocycles. The van der Waals surface area contributed by atoms with Gasteiger partial charge in [0.1, 0.15) is 29.6 Å². The molecule has 0 aromatic heterocycles. The van der Waals surface area contributed by atoms with Gasteiger partial charge in [-0.3, -0.25) is 9.59 Å². The molecule has 0 amide bonds. The molecule has 3 heterocycles. The zero-order valence-corrected chi connectivity index (χ0v) is 34.3. The molecular weight excluding hydrogens is 694 g/mol. The first-order chi connectivity index (χ1) is 24.3. The van der Waals surface area contributed by atoms with Crippen molar-refractivity contribution in [1.29, 1.82) is 0 Å².